The van der Waals surface area contributed by atoms with Crippen molar-refractivity contribution in [2.24, 2.45) is 0 Å². The fourth-order valence-corrected chi connectivity index (χ4v) is 4.33. The van der Waals surface area contributed by atoms with Crippen molar-refractivity contribution in [2.45, 2.75) is 19.4 Å². The van der Waals surface area contributed by atoms with Gasteiger partial charge in [0.15, 0.2) is 15.6 Å². The molecule has 1 fully saturated rings. The van der Waals surface area contributed by atoms with Gasteiger partial charge < -0.3 is 10.6 Å². The SMILES string of the molecule is CC(=O)c1cccc(Nc2nccc(C(=O)NC3CCS(=O)(=O)C3)n2)c1. The van der Waals surface area contributed by atoms with Crippen LogP contribution >= 0.6 is 0 Å². The maximum absolute atomic E-state index is 12.3. The van der Waals surface area contributed by atoms with Crippen molar-refractivity contribution in [2.75, 3.05) is 16.8 Å². The highest BCUT2D eigenvalue weighted by Gasteiger charge is 2.29. The van der Waals surface area contributed by atoms with Crippen LogP contribution < -0.4 is 10.6 Å². The fraction of sp³-hybridized carbons (Fsp3) is 0.294. The highest BCUT2D eigenvalue weighted by molar-refractivity contribution is 7.91. The van der Waals surface area contributed by atoms with Crippen molar-refractivity contribution in [3.05, 3.63) is 47.8 Å². The predicted molar refractivity (Wildman–Crippen MR) is 96.3 cm³/mol. The lowest BCUT2D eigenvalue weighted by Gasteiger charge is -2.11. The molecule has 136 valence electrons. The van der Waals surface area contributed by atoms with Gasteiger partial charge in [0.05, 0.1) is 11.5 Å². The zero-order chi connectivity index (χ0) is 18.7. The molecule has 0 saturated carbocycles. The standard InChI is InChI=1S/C17H18N4O4S/c1-11(22)12-3-2-4-13(9-12)20-17-18-7-5-15(21-17)16(23)19-14-6-8-26(24,25)10-14/h2-5,7,9,14H,6,8,10H2,1H3,(H,19,23)(H,18,20,21). The summed E-state index contributed by atoms with van der Waals surface area (Å²) in [5, 5.41) is 5.64. The van der Waals surface area contributed by atoms with Crippen LogP contribution in [0.2, 0.25) is 0 Å². The fourth-order valence-electron chi connectivity index (χ4n) is 2.66. The summed E-state index contributed by atoms with van der Waals surface area (Å²) in [6.07, 6.45) is 1.84. The van der Waals surface area contributed by atoms with E-state index in [0.29, 0.717) is 17.7 Å². The molecular weight excluding hydrogens is 356 g/mol. The Labute approximate surface area is 151 Å². The summed E-state index contributed by atoms with van der Waals surface area (Å²) in [6, 6.07) is 7.92. The van der Waals surface area contributed by atoms with Gasteiger partial charge >= 0.3 is 0 Å². The van der Waals surface area contributed by atoms with Gasteiger partial charge in [0.1, 0.15) is 5.69 Å². The molecule has 0 bridgehead atoms. The predicted octanol–water partition coefficient (Wildman–Crippen LogP) is 1.34. The van der Waals surface area contributed by atoms with Crippen molar-refractivity contribution in [1.82, 2.24) is 15.3 Å². The third kappa shape index (κ3) is 4.42. The average Bonchev–Trinajstić information content (AvgIpc) is 2.94. The van der Waals surface area contributed by atoms with E-state index < -0.39 is 21.8 Å². The summed E-state index contributed by atoms with van der Waals surface area (Å²) in [4.78, 5) is 32.0. The van der Waals surface area contributed by atoms with E-state index >= 15 is 0 Å². The smallest absolute Gasteiger partial charge is 0.270 e. The number of nitrogens with one attached hydrogen (secondary N) is 2. The number of hydrogen-bond donors (Lipinski definition) is 2. The molecule has 1 aliphatic heterocycles. The molecule has 1 aromatic carbocycles. The van der Waals surface area contributed by atoms with Crippen molar-refractivity contribution < 1.29 is 18.0 Å². The van der Waals surface area contributed by atoms with E-state index in [2.05, 4.69) is 20.6 Å². The number of amides is 1. The molecule has 1 saturated heterocycles. The third-order valence-electron chi connectivity index (χ3n) is 3.98. The Bertz CT molecular complexity index is 959. The van der Waals surface area contributed by atoms with E-state index in [4.69, 9.17) is 0 Å². The minimum atomic E-state index is -3.07. The van der Waals surface area contributed by atoms with E-state index in [0.717, 1.165) is 0 Å². The number of aromatic nitrogens is 2. The number of carbonyl (C=O) groups is 2. The van der Waals surface area contributed by atoms with E-state index in [1.165, 1.54) is 19.2 Å². The first kappa shape index (κ1) is 18.0. The first-order chi connectivity index (χ1) is 12.3. The molecule has 9 heteroatoms. The molecule has 26 heavy (non-hydrogen) atoms. The summed E-state index contributed by atoms with van der Waals surface area (Å²) in [6.45, 7) is 1.48. The largest absolute Gasteiger partial charge is 0.347 e. The average molecular weight is 374 g/mol. The number of rotatable bonds is 5. The lowest BCUT2D eigenvalue weighted by Crippen LogP contribution is -2.36. The second kappa shape index (κ2) is 7.20. The van der Waals surface area contributed by atoms with Crippen LogP contribution in [0.1, 0.15) is 34.2 Å². The van der Waals surface area contributed by atoms with Crippen LogP contribution in [0.5, 0.6) is 0 Å². The minimum absolute atomic E-state index is 0.0488. The molecule has 2 aromatic rings. The van der Waals surface area contributed by atoms with E-state index in [-0.39, 0.29) is 28.9 Å². The molecule has 3 rings (SSSR count). The monoisotopic (exact) mass is 374 g/mol. The normalized spacial score (nSPS) is 18.3. The zero-order valence-electron chi connectivity index (χ0n) is 14.1. The van der Waals surface area contributed by atoms with Gasteiger partial charge in [0, 0.05) is 23.5 Å². The summed E-state index contributed by atoms with van der Waals surface area (Å²) in [5.74, 6) is -0.269. The highest BCUT2D eigenvalue weighted by atomic mass is 32.2. The summed E-state index contributed by atoms with van der Waals surface area (Å²) in [7, 11) is -3.07. The van der Waals surface area contributed by atoms with Crippen molar-refractivity contribution >= 4 is 33.2 Å². The van der Waals surface area contributed by atoms with Crippen molar-refractivity contribution in [3.8, 4) is 0 Å². The quantitative estimate of drug-likeness (QED) is 0.758. The molecule has 0 aliphatic carbocycles. The molecule has 1 atom stereocenters. The van der Waals surface area contributed by atoms with Crippen molar-refractivity contribution in [3.63, 3.8) is 0 Å². The third-order valence-corrected chi connectivity index (χ3v) is 5.75. The molecule has 1 aliphatic rings. The number of anilines is 2. The van der Waals surface area contributed by atoms with Crippen LogP contribution in [0.3, 0.4) is 0 Å². The van der Waals surface area contributed by atoms with E-state index in [1.807, 2.05) is 0 Å². The Morgan fingerprint density at radius 3 is 2.73 bits per heavy atom. The van der Waals surface area contributed by atoms with Gasteiger partial charge in [-0.15, -0.1) is 0 Å². The second-order valence-electron chi connectivity index (χ2n) is 6.10. The molecule has 0 radical (unpaired) electrons. The minimum Gasteiger partial charge on any atom is -0.347 e. The van der Waals surface area contributed by atoms with Gasteiger partial charge in [-0.3, -0.25) is 9.59 Å². The molecule has 0 spiro atoms. The number of ketones is 1. The summed E-state index contributed by atoms with van der Waals surface area (Å²) >= 11 is 0. The number of nitrogens with zero attached hydrogens (tertiary/aromatic N) is 2. The zero-order valence-corrected chi connectivity index (χ0v) is 14.9. The Hall–Kier alpha value is -2.81. The van der Waals surface area contributed by atoms with Crippen LogP contribution in [0.15, 0.2) is 36.5 Å². The van der Waals surface area contributed by atoms with Gasteiger partial charge in [-0.2, -0.15) is 0 Å². The van der Waals surface area contributed by atoms with Gasteiger partial charge in [-0.1, -0.05) is 12.1 Å². The summed E-state index contributed by atoms with van der Waals surface area (Å²) in [5.41, 5.74) is 1.30. The Kier molecular flexibility index (Phi) is 4.99. The maximum Gasteiger partial charge on any atom is 0.270 e. The number of carbonyl (C=O) groups excluding carboxylic acids is 2. The van der Waals surface area contributed by atoms with Gasteiger partial charge in [0.25, 0.3) is 5.91 Å². The molecule has 1 aromatic heterocycles. The number of hydrogen-bond acceptors (Lipinski definition) is 7. The van der Waals surface area contributed by atoms with Gasteiger partial charge in [-0.25, -0.2) is 18.4 Å². The van der Waals surface area contributed by atoms with Crippen LogP contribution in [0.25, 0.3) is 0 Å². The molecule has 1 amide bonds. The highest BCUT2D eigenvalue weighted by Crippen LogP contribution is 2.16. The second-order valence-corrected chi connectivity index (χ2v) is 8.33. The maximum atomic E-state index is 12.3. The molecule has 2 N–H and O–H groups in total. The van der Waals surface area contributed by atoms with E-state index in [1.54, 1.807) is 24.3 Å². The molecule has 1 unspecified atom stereocenters. The number of sulfone groups is 1. The Morgan fingerprint density at radius 1 is 1.23 bits per heavy atom. The van der Waals surface area contributed by atoms with Crippen LogP contribution in [0.4, 0.5) is 11.6 Å². The molecule has 8 nitrogen and oxygen atoms in total. The molecule has 2 heterocycles. The lowest BCUT2D eigenvalue weighted by atomic mass is 10.1. The summed E-state index contributed by atoms with van der Waals surface area (Å²) < 4.78 is 23.0. The lowest BCUT2D eigenvalue weighted by molar-refractivity contribution is 0.0935. The number of Topliss-reactive ketones (excluding diaryl/α,β-unsaturated/α-hetero) is 1. The van der Waals surface area contributed by atoms with Crippen LogP contribution in [-0.4, -0.2) is 47.6 Å². The number of benzene rings is 1. The van der Waals surface area contributed by atoms with Gasteiger partial charge in [0.2, 0.25) is 5.95 Å². The van der Waals surface area contributed by atoms with Gasteiger partial charge in [-0.05, 0) is 31.5 Å². The van der Waals surface area contributed by atoms with Crippen LogP contribution in [-0.2, 0) is 9.84 Å². The topological polar surface area (TPSA) is 118 Å². The van der Waals surface area contributed by atoms with Crippen molar-refractivity contribution in [1.29, 1.82) is 0 Å². The van der Waals surface area contributed by atoms with Crippen LogP contribution in [0, 0.1) is 0 Å². The Morgan fingerprint density at radius 2 is 2.04 bits per heavy atom. The molecular formula is C17H18N4O4S. The first-order valence-corrected chi connectivity index (χ1v) is 9.87. The first-order valence-electron chi connectivity index (χ1n) is 8.05. The Balaban J connectivity index is 1.71. The van der Waals surface area contributed by atoms with E-state index in [9.17, 15) is 18.0 Å².